The van der Waals surface area contributed by atoms with E-state index >= 15 is 0 Å². The van der Waals surface area contributed by atoms with Gasteiger partial charge in [0.05, 0.1) is 6.04 Å². The smallest absolute Gasteiger partial charge is 0.180 e. The van der Waals surface area contributed by atoms with Crippen LogP contribution < -0.4 is 0 Å². The molecule has 0 bridgehead atoms. The summed E-state index contributed by atoms with van der Waals surface area (Å²) in [5.74, 6) is 1.39. The highest BCUT2D eigenvalue weighted by Gasteiger charge is 2.37. The van der Waals surface area contributed by atoms with Gasteiger partial charge in [0, 0.05) is 12.1 Å². The van der Waals surface area contributed by atoms with Crippen molar-refractivity contribution in [1.29, 1.82) is 0 Å². The molecule has 2 aromatic rings. The molecule has 3 atom stereocenters. The van der Waals surface area contributed by atoms with Crippen LogP contribution in [-0.4, -0.2) is 29.8 Å². The van der Waals surface area contributed by atoms with Crippen LogP contribution in [-0.2, 0) is 0 Å². The summed E-state index contributed by atoms with van der Waals surface area (Å²) in [6.45, 7) is 13.7. The molecule has 2 aromatic carbocycles. The van der Waals surface area contributed by atoms with Gasteiger partial charge in [0.1, 0.15) is 0 Å². The molecule has 1 heterocycles. The molecule has 2 nitrogen and oxygen atoms in total. The highest BCUT2D eigenvalue weighted by molar-refractivity contribution is 6.03. The maximum atomic E-state index is 13.9. The van der Waals surface area contributed by atoms with Crippen LogP contribution in [0.2, 0.25) is 0 Å². The molecule has 0 saturated carbocycles. The summed E-state index contributed by atoms with van der Waals surface area (Å²) < 4.78 is 0. The Morgan fingerprint density at radius 2 is 1.86 bits per heavy atom. The molecule has 1 saturated heterocycles. The van der Waals surface area contributed by atoms with E-state index in [0.717, 1.165) is 43.3 Å². The number of rotatable bonds is 8. The van der Waals surface area contributed by atoms with Gasteiger partial charge in [-0.3, -0.25) is 9.69 Å². The minimum atomic E-state index is -0.00487. The summed E-state index contributed by atoms with van der Waals surface area (Å²) in [7, 11) is 0. The number of nitrogens with zero attached hydrogens (tertiary/aromatic N) is 1. The lowest BCUT2D eigenvalue weighted by molar-refractivity contribution is 0.0509. The van der Waals surface area contributed by atoms with E-state index in [-0.39, 0.29) is 11.5 Å². The summed E-state index contributed by atoms with van der Waals surface area (Å²) in [6, 6.07) is 14.6. The van der Waals surface area contributed by atoms with Gasteiger partial charge >= 0.3 is 0 Å². The van der Waals surface area contributed by atoms with Crippen molar-refractivity contribution in [3.8, 4) is 0 Å². The molecule has 2 unspecified atom stereocenters. The molecule has 0 spiro atoms. The number of carbonyl (C=O) groups is 1. The van der Waals surface area contributed by atoms with Gasteiger partial charge in [-0.05, 0) is 59.9 Å². The Morgan fingerprint density at radius 3 is 2.52 bits per heavy atom. The van der Waals surface area contributed by atoms with Gasteiger partial charge in [-0.25, -0.2) is 0 Å². The highest BCUT2D eigenvalue weighted by Crippen LogP contribution is 2.36. The monoisotopic (exact) mass is 393 g/mol. The van der Waals surface area contributed by atoms with Gasteiger partial charge in [-0.2, -0.15) is 0 Å². The molecule has 3 rings (SSSR count). The van der Waals surface area contributed by atoms with Crippen LogP contribution in [0.25, 0.3) is 10.8 Å². The van der Waals surface area contributed by atoms with Gasteiger partial charge < -0.3 is 0 Å². The lowest BCUT2D eigenvalue weighted by atomic mass is 9.74. The summed E-state index contributed by atoms with van der Waals surface area (Å²) in [6.07, 6.45) is 5.80. The normalized spacial score (nSPS) is 20.5. The predicted molar refractivity (Wildman–Crippen MR) is 125 cm³/mol. The first-order valence-electron chi connectivity index (χ1n) is 11.6. The fraction of sp³-hybridized carbons (Fsp3) is 0.593. The maximum Gasteiger partial charge on any atom is 0.180 e. The van der Waals surface area contributed by atoms with E-state index < -0.39 is 0 Å². The first-order chi connectivity index (χ1) is 13.8. The number of benzene rings is 2. The Morgan fingerprint density at radius 1 is 1.14 bits per heavy atom. The van der Waals surface area contributed by atoms with Gasteiger partial charge in [-0.15, -0.1) is 0 Å². The molecule has 1 aliphatic heterocycles. The van der Waals surface area contributed by atoms with Crippen molar-refractivity contribution >= 4 is 16.6 Å². The molecular formula is C27H39NO. The van der Waals surface area contributed by atoms with Crippen LogP contribution in [0.5, 0.6) is 0 Å². The number of hydrogen-bond acceptors (Lipinski definition) is 2. The number of carbonyl (C=O) groups excluding carboxylic acids is 1. The largest absolute Gasteiger partial charge is 0.293 e. The van der Waals surface area contributed by atoms with Gasteiger partial charge in [-0.1, -0.05) is 83.9 Å². The third-order valence-electron chi connectivity index (χ3n) is 7.13. The lowest BCUT2D eigenvalue weighted by Gasteiger charge is -2.42. The number of Topliss-reactive ketones (excluding diaryl/α,β-unsaturated/α-hetero) is 1. The number of ketones is 1. The molecule has 158 valence electrons. The van der Waals surface area contributed by atoms with Gasteiger partial charge in [0.25, 0.3) is 0 Å². The molecule has 0 N–H and O–H groups in total. The maximum absolute atomic E-state index is 13.9. The molecule has 2 heteroatoms. The van der Waals surface area contributed by atoms with E-state index in [1.54, 1.807) is 0 Å². The van der Waals surface area contributed by atoms with E-state index in [9.17, 15) is 4.79 Å². The van der Waals surface area contributed by atoms with Gasteiger partial charge in [0.15, 0.2) is 5.78 Å². The minimum absolute atomic E-state index is 0.00487. The molecule has 0 aliphatic carbocycles. The molecular weight excluding hydrogens is 354 g/mol. The second-order valence-electron chi connectivity index (χ2n) is 10.0. The highest BCUT2D eigenvalue weighted by atomic mass is 16.1. The number of hydrogen-bond donors (Lipinski definition) is 0. The van der Waals surface area contributed by atoms with Crippen LogP contribution in [0, 0.1) is 17.3 Å². The van der Waals surface area contributed by atoms with Crippen molar-refractivity contribution < 1.29 is 4.79 Å². The summed E-state index contributed by atoms with van der Waals surface area (Å²) in [5.41, 5.74) is 1.14. The van der Waals surface area contributed by atoms with Crippen molar-refractivity contribution in [2.24, 2.45) is 17.3 Å². The second-order valence-corrected chi connectivity index (χ2v) is 10.0. The summed E-state index contributed by atoms with van der Waals surface area (Å²) in [4.78, 5) is 16.4. The van der Waals surface area contributed by atoms with Crippen molar-refractivity contribution in [1.82, 2.24) is 4.90 Å². The fourth-order valence-electron chi connectivity index (χ4n) is 5.00. The zero-order valence-electron chi connectivity index (χ0n) is 19.1. The fourth-order valence-corrected chi connectivity index (χ4v) is 5.00. The quantitative estimate of drug-likeness (QED) is 0.451. The molecule has 0 radical (unpaired) electrons. The Balaban J connectivity index is 1.96. The van der Waals surface area contributed by atoms with E-state index in [2.05, 4.69) is 75.9 Å². The topological polar surface area (TPSA) is 20.3 Å². The minimum Gasteiger partial charge on any atom is -0.293 e. The predicted octanol–water partition coefficient (Wildman–Crippen LogP) is 6.98. The Bertz CT molecular complexity index is 824. The van der Waals surface area contributed by atoms with Crippen molar-refractivity contribution in [2.45, 2.75) is 72.8 Å². The standard InChI is InChI=1S/C27H39NO/c1-6-21(18-27(4,5)7-2)25(28-16-10-11-20(3)19-28)26(29)24-15-14-22-12-8-9-13-23(22)17-24/h8-9,12-15,17,20-21,25H,6-7,10-11,16,18-19H2,1-5H3/t20?,21-,25?/m1/s1. The van der Waals surface area contributed by atoms with Crippen molar-refractivity contribution in [2.75, 3.05) is 13.1 Å². The molecule has 0 aromatic heterocycles. The Hall–Kier alpha value is -1.67. The second kappa shape index (κ2) is 9.43. The van der Waals surface area contributed by atoms with Crippen LogP contribution in [0.3, 0.4) is 0 Å². The van der Waals surface area contributed by atoms with Crippen molar-refractivity contribution in [3.05, 3.63) is 48.0 Å². The van der Waals surface area contributed by atoms with Crippen LogP contribution in [0.15, 0.2) is 42.5 Å². The number of likely N-dealkylation sites (tertiary alicyclic amines) is 1. The lowest BCUT2D eigenvalue weighted by Crippen LogP contribution is -2.50. The molecule has 1 fully saturated rings. The van der Waals surface area contributed by atoms with E-state index in [1.807, 2.05) is 6.07 Å². The summed E-state index contributed by atoms with van der Waals surface area (Å²) >= 11 is 0. The molecule has 29 heavy (non-hydrogen) atoms. The molecule has 0 amide bonds. The zero-order valence-corrected chi connectivity index (χ0v) is 19.1. The average Bonchev–Trinajstić information content (AvgIpc) is 2.72. The third-order valence-corrected chi connectivity index (χ3v) is 7.13. The number of piperidine rings is 1. The average molecular weight is 394 g/mol. The Kier molecular flexibility index (Phi) is 7.16. The summed E-state index contributed by atoms with van der Waals surface area (Å²) in [5, 5.41) is 2.36. The zero-order chi connectivity index (χ0) is 21.0. The van der Waals surface area contributed by atoms with Gasteiger partial charge in [0.2, 0.25) is 0 Å². The van der Waals surface area contributed by atoms with E-state index in [0.29, 0.717) is 17.6 Å². The van der Waals surface area contributed by atoms with E-state index in [4.69, 9.17) is 0 Å². The Labute approximate surface area is 177 Å². The van der Waals surface area contributed by atoms with Crippen molar-refractivity contribution in [3.63, 3.8) is 0 Å². The van der Waals surface area contributed by atoms with Crippen LogP contribution in [0.4, 0.5) is 0 Å². The van der Waals surface area contributed by atoms with Crippen LogP contribution in [0.1, 0.15) is 77.1 Å². The SMILES string of the molecule is CC[C@H](CC(C)(C)CC)C(C(=O)c1ccc2ccccc2c1)N1CCCC(C)C1. The van der Waals surface area contributed by atoms with E-state index in [1.165, 1.54) is 18.2 Å². The first kappa shape index (κ1) is 22.0. The first-order valence-corrected chi connectivity index (χ1v) is 11.6. The third kappa shape index (κ3) is 5.28. The molecule has 1 aliphatic rings. The number of fused-ring (bicyclic) bond motifs is 1. The van der Waals surface area contributed by atoms with Crippen LogP contribution >= 0.6 is 0 Å².